The monoisotopic (exact) mass is 426 g/mol. The van der Waals surface area contributed by atoms with Crippen LogP contribution in [-0.4, -0.2) is 24.9 Å². The Labute approximate surface area is 178 Å². The van der Waals surface area contributed by atoms with Crippen LogP contribution < -0.4 is 10.6 Å². The molecule has 0 aliphatic carbocycles. The number of nitrogens with one attached hydrogen (secondary N) is 2. The summed E-state index contributed by atoms with van der Waals surface area (Å²) in [4.78, 5) is 24.4. The molecule has 0 aromatic heterocycles. The lowest BCUT2D eigenvalue weighted by atomic mass is 10.0. The van der Waals surface area contributed by atoms with Crippen LogP contribution in [0.2, 0.25) is 0 Å². The minimum atomic E-state index is -4.41. The average molecular weight is 426 g/mol. The van der Waals surface area contributed by atoms with Crippen molar-refractivity contribution in [2.75, 3.05) is 13.1 Å². The van der Waals surface area contributed by atoms with E-state index in [0.29, 0.717) is 22.3 Å². The highest BCUT2D eigenvalue weighted by Gasteiger charge is 2.30. The molecule has 0 aliphatic rings. The first-order chi connectivity index (χ1) is 14.8. The van der Waals surface area contributed by atoms with E-state index in [1.165, 1.54) is 6.07 Å². The van der Waals surface area contributed by atoms with Crippen LogP contribution in [0, 0.1) is 6.92 Å². The van der Waals surface area contributed by atoms with Crippen LogP contribution >= 0.6 is 0 Å². The van der Waals surface area contributed by atoms with Crippen LogP contribution in [0.5, 0.6) is 0 Å². The van der Waals surface area contributed by atoms with Crippen LogP contribution in [0.25, 0.3) is 11.1 Å². The molecule has 0 unspecified atom stereocenters. The molecule has 2 amide bonds. The largest absolute Gasteiger partial charge is 0.416 e. The molecule has 3 rings (SSSR count). The molecule has 0 spiro atoms. The topological polar surface area (TPSA) is 58.2 Å². The highest BCUT2D eigenvalue weighted by atomic mass is 19.4. The normalized spacial score (nSPS) is 11.1. The number of carbonyl (C=O) groups is 2. The fraction of sp³-hybridized carbons (Fsp3) is 0.167. The van der Waals surface area contributed by atoms with E-state index in [1.54, 1.807) is 42.5 Å². The van der Waals surface area contributed by atoms with Gasteiger partial charge in [0.15, 0.2) is 0 Å². The molecule has 0 fully saturated rings. The third-order valence-electron chi connectivity index (χ3n) is 4.76. The number of carbonyl (C=O) groups excluding carboxylic acids is 2. The Morgan fingerprint density at radius 1 is 0.774 bits per heavy atom. The molecule has 0 atom stereocenters. The molecule has 3 aromatic rings. The van der Waals surface area contributed by atoms with Gasteiger partial charge >= 0.3 is 6.18 Å². The number of rotatable bonds is 6. The first kappa shape index (κ1) is 22.1. The predicted molar refractivity (Wildman–Crippen MR) is 113 cm³/mol. The Morgan fingerprint density at radius 2 is 1.42 bits per heavy atom. The molecule has 0 bridgehead atoms. The summed E-state index contributed by atoms with van der Waals surface area (Å²) in [5, 5.41) is 5.46. The highest BCUT2D eigenvalue weighted by Crippen LogP contribution is 2.32. The Hall–Kier alpha value is -3.61. The van der Waals surface area contributed by atoms with Crippen molar-refractivity contribution in [3.63, 3.8) is 0 Å². The SMILES string of the molecule is Cc1ccccc1C(=O)NCCNC(=O)c1ccc(-c2cccc(C(F)(F)F)c2)cc1. The lowest BCUT2D eigenvalue weighted by Gasteiger charge is -2.10. The van der Waals surface area contributed by atoms with Crippen molar-refractivity contribution >= 4 is 11.8 Å². The van der Waals surface area contributed by atoms with E-state index in [-0.39, 0.29) is 24.9 Å². The van der Waals surface area contributed by atoms with Gasteiger partial charge in [-0.2, -0.15) is 13.2 Å². The summed E-state index contributed by atoms with van der Waals surface area (Å²) < 4.78 is 38.7. The van der Waals surface area contributed by atoms with Gasteiger partial charge in [-0.05, 0) is 53.9 Å². The fourth-order valence-corrected chi connectivity index (χ4v) is 3.07. The first-order valence-electron chi connectivity index (χ1n) is 9.65. The maximum atomic E-state index is 12.9. The molecule has 2 N–H and O–H groups in total. The van der Waals surface area contributed by atoms with E-state index >= 15 is 0 Å². The van der Waals surface area contributed by atoms with Gasteiger partial charge in [0.1, 0.15) is 0 Å². The molecule has 4 nitrogen and oxygen atoms in total. The van der Waals surface area contributed by atoms with E-state index in [1.807, 2.05) is 19.1 Å². The Bertz CT molecular complexity index is 1080. The second kappa shape index (κ2) is 9.47. The molecule has 0 saturated carbocycles. The van der Waals surface area contributed by atoms with Crippen molar-refractivity contribution in [3.05, 3.63) is 95.1 Å². The zero-order valence-electron chi connectivity index (χ0n) is 16.8. The number of halogens is 3. The summed E-state index contributed by atoms with van der Waals surface area (Å²) in [6.45, 7) is 2.35. The molecule has 0 heterocycles. The molecule has 7 heteroatoms. The number of hydrogen-bond donors (Lipinski definition) is 2. The van der Waals surface area contributed by atoms with Crippen molar-refractivity contribution < 1.29 is 22.8 Å². The molecule has 0 aliphatic heterocycles. The van der Waals surface area contributed by atoms with Crippen molar-refractivity contribution in [1.82, 2.24) is 10.6 Å². The minimum absolute atomic E-state index is 0.210. The number of aryl methyl sites for hydroxylation is 1. The standard InChI is InChI=1S/C24H21F3N2O2/c1-16-5-2-3-8-21(16)23(31)29-14-13-28-22(30)18-11-9-17(10-12-18)19-6-4-7-20(15-19)24(25,26)27/h2-12,15H,13-14H2,1H3,(H,28,30)(H,29,31). The van der Waals surface area contributed by atoms with Crippen LogP contribution in [0.3, 0.4) is 0 Å². The molecule has 0 radical (unpaired) electrons. The van der Waals surface area contributed by atoms with Gasteiger partial charge in [-0.3, -0.25) is 9.59 Å². The van der Waals surface area contributed by atoms with Crippen molar-refractivity contribution in [3.8, 4) is 11.1 Å². The third kappa shape index (κ3) is 5.72. The Kier molecular flexibility index (Phi) is 6.74. The van der Waals surface area contributed by atoms with E-state index in [2.05, 4.69) is 10.6 Å². The highest BCUT2D eigenvalue weighted by molar-refractivity contribution is 5.96. The maximum absolute atomic E-state index is 12.9. The van der Waals surface area contributed by atoms with Gasteiger partial charge in [0.2, 0.25) is 0 Å². The van der Waals surface area contributed by atoms with Crippen LogP contribution in [0.1, 0.15) is 31.8 Å². The van der Waals surface area contributed by atoms with Crippen LogP contribution in [0.15, 0.2) is 72.8 Å². The first-order valence-corrected chi connectivity index (χ1v) is 9.65. The van der Waals surface area contributed by atoms with E-state index in [4.69, 9.17) is 0 Å². The Morgan fingerprint density at radius 3 is 2.06 bits per heavy atom. The minimum Gasteiger partial charge on any atom is -0.350 e. The van der Waals surface area contributed by atoms with E-state index < -0.39 is 11.7 Å². The van der Waals surface area contributed by atoms with E-state index in [9.17, 15) is 22.8 Å². The third-order valence-corrected chi connectivity index (χ3v) is 4.76. The number of benzene rings is 3. The smallest absolute Gasteiger partial charge is 0.350 e. The summed E-state index contributed by atoms with van der Waals surface area (Å²) in [5.74, 6) is -0.543. The van der Waals surface area contributed by atoms with Crippen molar-refractivity contribution in [2.45, 2.75) is 13.1 Å². The van der Waals surface area contributed by atoms with Gasteiger partial charge in [0, 0.05) is 24.2 Å². The lowest BCUT2D eigenvalue weighted by molar-refractivity contribution is -0.137. The molecular weight excluding hydrogens is 405 g/mol. The number of amides is 2. The Balaban J connectivity index is 1.54. The molecule has 3 aromatic carbocycles. The summed E-state index contributed by atoms with van der Waals surface area (Å²) in [7, 11) is 0. The van der Waals surface area contributed by atoms with Gasteiger partial charge in [-0.25, -0.2) is 0 Å². The van der Waals surface area contributed by atoms with Crippen molar-refractivity contribution in [2.24, 2.45) is 0 Å². The van der Waals surface area contributed by atoms with Gasteiger partial charge < -0.3 is 10.6 Å². The molecule has 0 saturated heterocycles. The van der Waals surface area contributed by atoms with Gasteiger partial charge in [-0.1, -0.05) is 42.5 Å². The van der Waals surface area contributed by atoms with Gasteiger partial charge in [0.25, 0.3) is 11.8 Å². The number of alkyl halides is 3. The molecular formula is C24H21F3N2O2. The number of hydrogen-bond acceptors (Lipinski definition) is 2. The second-order valence-electron chi connectivity index (χ2n) is 6.98. The summed E-state index contributed by atoms with van der Waals surface area (Å²) >= 11 is 0. The lowest BCUT2D eigenvalue weighted by Crippen LogP contribution is -2.34. The summed E-state index contributed by atoms with van der Waals surface area (Å²) in [6.07, 6.45) is -4.41. The quantitative estimate of drug-likeness (QED) is 0.554. The summed E-state index contributed by atoms with van der Waals surface area (Å²) in [6, 6.07) is 18.6. The van der Waals surface area contributed by atoms with Crippen LogP contribution in [0.4, 0.5) is 13.2 Å². The van der Waals surface area contributed by atoms with Crippen LogP contribution in [-0.2, 0) is 6.18 Å². The van der Waals surface area contributed by atoms with Gasteiger partial charge in [0.05, 0.1) is 5.56 Å². The van der Waals surface area contributed by atoms with E-state index in [0.717, 1.165) is 17.7 Å². The molecule has 31 heavy (non-hydrogen) atoms. The summed E-state index contributed by atoms with van der Waals surface area (Å²) in [5.41, 5.74) is 2.10. The van der Waals surface area contributed by atoms with Gasteiger partial charge in [-0.15, -0.1) is 0 Å². The zero-order valence-corrected chi connectivity index (χ0v) is 16.8. The zero-order chi connectivity index (χ0) is 22.4. The predicted octanol–water partition coefficient (Wildman–Crippen LogP) is 4.84. The molecule has 160 valence electrons. The van der Waals surface area contributed by atoms with Crippen molar-refractivity contribution in [1.29, 1.82) is 0 Å². The second-order valence-corrected chi connectivity index (χ2v) is 6.98. The average Bonchev–Trinajstić information content (AvgIpc) is 2.76. The fourth-order valence-electron chi connectivity index (χ4n) is 3.07. The maximum Gasteiger partial charge on any atom is 0.416 e.